The Hall–Kier alpha value is -1.48. The lowest BCUT2D eigenvalue weighted by molar-refractivity contribution is 0.122. The number of hydrogen-bond donors (Lipinski definition) is 1. The van der Waals surface area contributed by atoms with E-state index in [1.54, 1.807) is 0 Å². The number of aromatic nitrogens is 1. The van der Waals surface area contributed by atoms with Crippen LogP contribution in [0.1, 0.15) is 0 Å². The molecule has 0 spiro atoms. The number of fused-ring (bicyclic) bond motifs is 1. The van der Waals surface area contributed by atoms with E-state index in [2.05, 4.69) is 40.3 Å². The van der Waals surface area contributed by atoms with Gasteiger partial charge in [0.2, 0.25) is 0 Å². The first-order valence-electron chi connectivity index (χ1n) is 5.34. The van der Waals surface area contributed by atoms with E-state index in [0.717, 1.165) is 26.3 Å². The third-order valence-corrected chi connectivity index (χ3v) is 2.91. The smallest absolute Gasteiger partial charge is 0.114 e. The lowest BCUT2D eigenvalue weighted by atomic mass is 10.2. The first-order valence-corrected chi connectivity index (χ1v) is 5.34. The van der Waals surface area contributed by atoms with Crippen molar-refractivity contribution in [3.63, 3.8) is 0 Å². The molecular weight excluding hydrogens is 188 g/mol. The summed E-state index contributed by atoms with van der Waals surface area (Å²) in [4.78, 5) is 5.71. The van der Waals surface area contributed by atoms with Crippen molar-refractivity contribution in [3.8, 4) is 0 Å². The van der Waals surface area contributed by atoms with Gasteiger partial charge < -0.3 is 14.6 Å². The fourth-order valence-electron chi connectivity index (χ4n) is 2.11. The summed E-state index contributed by atoms with van der Waals surface area (Å²) < 4.78 is 5.35. The van der Waals surface area contributed by atoms with Gasteiger partial charge in [-0.2, -0.15) is 0 Å². The van der Waals surface area contributed by atoms with Crippen molar-refractivity contribution in [2.24, 2.45) is 0 Å². The Morgan fingerprint density at radius 2 is 1.93 bits per heavy atom. The first-order chi connectivity index (χ1) is 7.45. The predicted octanol–water partition coefficient (Wildman–Crippen LogP) is 2.00. The van der Waals surface area contributed by atoms with Crippen molar-refractivity contribution >= 4 is 16.6 Å². The quantitative estimate of drug-likeness (QED) is 0.766. The zero-order chi connectivity index (χ0) is 10.1. The summed E-state index contributed by atoms with van der Waals surface area (Å²) >= 11 is 0. The third-order valence-electron chi connectivity index (χ3n) is 2.91. The number of morpholine rings is 1. The van der Waals surface area contributed by atoms with Crippen molar-refractivity contribution in [2.45, 2.75) is 0 Å². The molecule has 1 saturated heterocycles. The van der Waals surface area contributed by atoms with Gasteiger partial charge in [0.15, 0.2) is 0 Å². The van der Waals surface area contributed by atoms with Crippen molar-refractivity contribution in [1.29, 1.82) is 0 Å². The van der Waals surface area contributed by atoms with Gasteiger partial charge in [-0.3, -0.25) is 0 Å². The Bertz CT molecular complexity index is 457. The molecule has 3 rings (SSSR count). The average Bonchev–Trinajstić information content (AvgIpc) is 2.74. The molecule has 0 bridgehead atoms. The Morgan fingerprint density at radius 1 is 1.13 bits per heavy atom. The van der Waals surface area contributed by atoms with Crippen LogP contribution in [-0.2, 0) is 4.74 Å². The Kier molecular flexibility index (Phi) is 2.10. The van der Waals surface area contributed by atoms with E-state index in [4.69, 9.17) is 4.74 Å². The molecule has 1 N–H and O–H groups in total. The SMILES string of the molecule is c1ccc2c(N3CCOCC3)[nH]cc2c1. The molecule has 0 radical (unpaired) electrons. The molecule has 0 saturated carbocycles. The number of nitrogens with zero attached hydrogens (tertiary/aromatic N) is 1. The van der Waals surface area contributed by atoms with E-state index in [9.17, 15) is 0 Å². The summed E-state index contributed by atoms with van der Waals surface area (Å²) in [5, 5.41) is 2.58. The highest BCUT2D eigenvalue weighted by Gasteiger charge is 2.14. The molecule has 1 aromatic carbocycles. The average molecular weight is 202 g/mol. The monoisotopic (exact) mass is 202 g/mol. The fraction of sp³-hybridized carbons (Fsp3) is 0.333. The molecule has 1 aromatic heterocycles. The number of nitrogens with one attached hydrogen (secondary N) is 1. The minimum atomic E-state index is 0.827. The van der Waals surface area contributed by atoms with Gasteiger partial charge in [0.25, 0.3) is 0 Å². The van der Waals surface area contributed by atoms with Gasteiger partial charge in [0, 0.05) is 30.1 Å². The van der Waals surface area contributed by atoms with Gasteiger partial charge in [-0.05, 0) is 0 Å². The highest BCUT2D eigenvalue weighted by atomic mass is 16.5. The molecule has 3 nitrogen and oxygen atoms in total. The summed E-state index contributed by atoms with van der Waals surface area (Å²) in [5.74, 6) is 1.23. The van der Waals surface area contributed by atoms with E-state index in [0.29, 0.717) is 0 Å². The van der Waals surface area contributed by atoms with Crippen molar-refractivity contribution < 1.29 is 4.74 Å². The minimum absolute atomic E-state index is 0.827. The second kappa shape index (κ2) is 3.59. The first kappa shape index (κ1) is 8.80. The second-order valence-corrected chi connectivity index (χ2v) is 3.82. The molecule has 0 aliphatic carbocycles. The van der Waals surface area contributed by atoms with Crippen LogP contribution < -0.4 is 4.90 Å². The van der Waals surface area contributed by atoms with Crippen molar-refractivity contribution in [3.05, 3.63) is 30.5 Å². The Balaban J connectivity index is 2.02. The van der Waals surface area contributed by atoms with E-state index >= 15 is 0 Å². The van der Waals surface area contributed by atoms with Crippen LogP contribution in [0, 0.1) is 0 Å². The van der Waals surface area contributed by atoms with Crippen LogP contribution >= 0.6 is 0 Å². The zero-order valence-electron chi connectivity index (χ0n) is 8.57. The number of aromatic amines is 1. The van der Waals surface area contributed by atoms with Gasteiger partial charge in [-0.1, -0.05) is 24.3 Å². The summed E-state index contributed by atoms with van der Waals surface area (Å²) in [7, 11) is 0. The third kappa shape index (κ3) is 1.49. The Morgan fingerprint density at radius 3 is 2.80 bits per heavy atom. The number of anilines is 1. The maximum absolute atomic E-state index is 5.35. The molecule has 0 amide bonds. The van der Waals surface area contributed by atoms with E-state index in [-0.39, 0.29) is 0 Å². The maximum Gasteiger partial charge on any atom is 0.114 e. The van der Waals surface area contributed by atoms with Crippen LogP contribution in [0.4, 0.5) is 5.82 Å². The maximum atomic E-state index is 5.35. The number of H-pyrrole nitrogens is 1. The summed E-state index contributed by atoms with van der Waals surface area (Å²) in [6, 6.07) is 8.45. The standard InChI is InChI=1S/C12H14N2O/c1-2-4-11-10(3-1)9-13-12(11)14-5-7-15-8-6-14/h1-4,9,13H,5-8H2. The molecule has 2 heterocycles. The molecule has 0 unspecified atom stereocenters. The summed E-state index contributed by atoms with van der Waals surface area (Å²) in [5.41, 5.74) is 0. The van der Waals surface area contributed by atoms with Gasteiger partial charge in [0.1, 0.15) is 5.82 Å². The van der Waals surface area contributed by atoms with Crippen LogP contribution in [-0.4, -0.2) is 31.3 Å². The highest BCUT2D eigenvalue weighted by molar-refractivity contribution is 5.93. The largest absolute Gasteiger partial charge is 0.378 e. The van der Waals surface area contributed by atoms with Gasteiger partial charge in [-0.25, -0.2) is 0 Å². The van der Waals surface area contributed by atoms with E-state index in [1.807, 2.05) is 0 Å². The lowest BCUT2D eigenvalue weighted by Gasteiger charge is -2.27. The molecule has 78 valence electrons. The molecule has 1 aliphatic heterocycles. The van der Waals surface area contributed by atoms with Crippen LogP contribution in [0.5, 0.6) is 0 Å². The fourth-order valence-corrected chi connectivity index (χ4v) is 2.11. The zero-order valence-corrected chi connectivity index (χ0v) is 8.57. The number of benzene rings is 1. The molecule has 1 fully saturated rings. The van der Waals surface area contributed by atoms with Crippen molar-refractivity contribution in [2.75, 3.05) is 31.2 Å². The molecule has 15 heavy (non-hydrogen) atoms. The van der Waals surface area contributed by atoms with Crippen LogP contribution in [0.3, 0.4) is 0 Å². The molecular formula is C12H14N2O. The summed E-state index contributed by atoms with van der Waals surface area (Å²) in [6.07, 6.45) is 2.07. The number of hydrogen-bond acceptors (Lipinski definition) is 2. The highest BCUT2D eigenvalue weighted by Crippen LogP contribution is 2.25. The van der Waals surface area contributed by atoms with Gasteiger partial charge in [-0.15, -0.1) is 0 Å². The number of rotatable bonds is 1. The molecule has 1 aliphatic rings. The normalized spacial score (nSPS) is 17.2. The van der Waals surface area contributed by atoms with E-state index < -0.39 is 0 Å². The molecule has 3 heteroatoms. The summed E-state index contributed by atoms with van der Waals surface area (Å²) in [6.45, 7) is 3.61. The number of ether oxygens (including phenoxy) is 1. The van der Waals surface area contributed by atoms with Crippen molar-refractivity contribution in [1.82, 2.24) is 4.98 Å². The lowest BCUT2D eigenvalue weighted by Crippen LogP contribution is -2.36. The van der Waals surface area contributed by atoms with Crippen LogP contribution in [0.15, 0.2) is 30.5 Å². The van der Waals surface area contributed by atoms with Gasteiger partial charge >= 0.3 is 0 Å². The second-order valence-electron chi connectivity index (χ2n) is 3.82. The predicted molar refractivity (Wildman–Crippen MR) is 61.3 cm³/mol. The molecule has 2 aromatic rings. The van der Waals surface area contributed by atoms with Crippen LogP contribution in [0.2, 0.25) is 0 Å². The Labute approximate surface area is 88.6 Å². The van der Waals surface area contributed by atoms with Crippen LogP contribution in [0.25, 0.3) is 10.8 Å². The molecule has 0 atom stereocenters. The van der Waals surface area contributed by atoms with E-state index in [1.165, 1.54) is 16.6 Å². The minimum Gasteiger partial charge on any atom is -0.378 e. The topological polar surface area (TPSA) is 28.3 Å². The van der Waals surface area contributed by atoms with Gasteiger partial charge in [0.05, 0.1) is 13.2 Å².